The van der Waals surface area contributed by atoms with Crippen molar-refractivity contribution in [3.8, 4) is 11.8 Å². The van der Waals surface area contributed by atoms with E-state index in [4.69, 9.17) is 10.00 Å². The van der Waals surface area contributed by atoms with Crippen LogP contribution in [0.2, 0.25) is 0 Å². The number of amides is 1. The Labute approximate surface area is 143 Å². The molecule has 0 atom stereocenters. The maximum Gasteiger partial charge on any atom is 0.277 e. The van der Waals surface area contributed by atoms with Crippen LogP contribution in [0.5, 0.6) is 5.75 Å². The topological polar surface area (TPSA) is 118 Å². The molecule has 126 valence electrons. The van der Waals surface area contributed by atoms with Crippen molar-refractivity contribution in [1.82, 2.24) is 5.43 Å². The highest BCUT2D eigenvalue weighted by atomic mass is 16.6. The minimum absolute atomic E-state index is 0.0532. The van der Waals surface area contributed by atoms with Crippen LogP contribution in [0.15, 0.2) is 53.6 Å². The Morgan fingerprint density at radius 1 is 1.32 bits per heavy atom. The van der Waals surface area contributed by atoms with Gasteiger partial charge in [0.25, 0.3) is 11.6 Å². The Bertz CT molecular complexity index is 854. The number of non-ortho nitro benzene ring substituents is 1. The Balaban J connectivity index is 1.91. The Morgan fingerprint density at radius 2 is 2.04 bits per heavy atom. The number of carbonyl (C=O) groups is 1. The lowest BCUT2D eigenvalue weighted by Crippen LogP contribution is -2.25. The van der Waals surface area contributed by atoms with Gasteiger partial charge in [0, 0.05) is 17.7 Å². The van der Waals surface area contributed by atoms with Gasteiger partial charge in [-0.2, -0.15) is 10.4 Å². The van der Waals surface area contributed by atoms with Crippen LogP contribution >= 0.6 is 0 Å². The molecule has 0 radical (unpaired) electrons. The third kappa shape index (κ3) is 5.14. The molecule has 2 aromatic carbocycles. The quantitative estimate of drug-likeness (QED) is 0.493. The summed E-state index contributed by atoms with van der Waals surface area (Å²) in [5.41, 5.74) is 3.72. The zero-order valence-corrected chi connectivity index (χ0v) is 13.3. The van der Waals surface area contributed by atoms with E-state index in [2.05, 4.69) is 10.5 Å². The standard InChI is InChI=1S/C17H14N4O4/c1-12(14-3-2-4-15(9-14)21(23)24)19-20-17(22)11-25-16-7-5-13(10-18)6-8-16/h2-9H,11H2,1H3,(H,20,22)/b19-12-. The van der Waals surface area contributed by atoms with Crippen LogP contribution in [-0.2, 0) is 4.79 Å². The normalized spacial score (nSPS) is 10.6. The van der Waals surface area contributed by atoms with E-state index in [-0.39, 0.29) is 12.3 Å². The van der Waals surface area contributed by atoms with Crippen molar-refractivity contribution in [2.24, 2.45) is 5.10 Å². The number of carbonyl (C=O) groups excluding carboxylic acids is 1. The van der Waals surface area contributed by atoms with Crippen molar-refractivity contribution in [1.29, 1.82) is 5.26 Å². The van der Waals surface area contributed by atoms with Crippen LogP contribution in [0, 0.1) is 21.4 Å². The summed E-state index contributed by atoms with van der Waals surface area (Å²) in [4.78, 5) is 22.0. The number of hydrazone groups is 1. The zero-order valence-electron chi connectivity index (χ0n) is 13.3. The van der Waals surface area contributed by atoms with Gasteiger partial charge in [0.2, 0.25) is 0 Å². The van der Waals surface area contributed by atoms with Gasteiger partial charge < -0.3 is 4.74 Å². The van der Waals surface area contributed by atoms with E-state index in [9.17, 15) is 14.9 Å². The highest BCUT2D eigenvalue weighted by Gasteiger charge is 2.08. The molecule has 8 nitrogen and oxygen atoms in total. The van der Waals surface area contributed by atoms with Crippen molar-refractivity contribution < 1.29 is 14.5 Å². The van der Waals surface area contributed by atoms with E-state index >= 15 is 0 Å². The van der Waals surface area contributed by atoms with Crippen molar-refractivity contribution in [3.63, 3.8) is 0 Å². The molecule has 0 aliphatic carbocycles. The highest BCUT2D eigenvalue weighted by molar-refractivity contribution is 5.99. The van der Waals surface area contributed by atoms with Gasteiger partial charge in [-0.3, -0.25) is 14.9 Å². The molecule has 25 heavy (non-hydrogen) atoms. The maximum atomic E-state index is 11.7. The molecule has 0 heterocycles. The average Bonchev–Trinajstić information content (AvgIpc) is 2.64. The Morgan fingerprint density at radius 3 is 2.68 bits per heavy atom. The van der Waals surface area contributed by atoms with Gasteiger partial charge in [-0.1, -0.05) is 12.1 Å². The second-order valence-corrected chi connectivity index (χ2v) is 4.96. The first-order valence-electron chi connectivity index (χ1n) is 7.20. The molecule has 0 fully saturated rings. The van der Waals surface area contributed by atoms with Gasteiger partial charge >= 0.3 is 0 Å². The average molecular weight is 338 g/mol. The number of nitrogens with zero attached hydrogens (tertiary/aromatic N) is 3. The first-order chi connectivity index (χ1) is 12.0. The van der Waals surface area contributed by atoms with Crippen LogP contribution in [0.1, 0.15) is 18.1 Å². The molecular weight excluding hydrogens is 324 g/mol. The molecule has 0 bridgehead atoms. The third-order valence-electron chi connectivity index (χ3n) is 3.18. The fourth-order valence-corrected chi connectivity index (χ4v) is 1.86. The Kier molecular flexibility index (Phi) is 5.79. The molecule has 0 aliphatic rings. The summed E-state index contributed by atoms with van der Waals surface area (Å²) in [5.74, 6) is -0.0253. The van der Waals surface area contributed by atoms with E-state index in [1.165, 1.54) is 12.1 Å². The summed E-state index contributed by atoms with van der Waals surface area (Å²) in [5, 5.41) is 23.4. The predicted molar refractivity (Wildman–Crippen MR) is 90.1 cm³/mol. The largest absolute Gasteiger partial charge is 0.484 e. The fourth-order valence-electron chi connectivity index (χ4n) is 1.86. The lowest BCUT2D eigenvalue weighted by molar-refractivity contribution is -0.384. The van der Waals surface area contributed by atoms with E-state index in [1.54, 1.807) is 43.3 Å². The third-order valence-corrected chi connectivity index (χ3v) is 3.18. The van der Waals surface area contributed by atoms with Gasteiger partial charge in [0.15, 0.2) is 6.61 Å². The number of hydrogen-bond donors (Lipinski definition) is 1. The van der Waals surface area contributed by atoms with E-state index in [0.29, 0.717) is 22.6 Å². The predicted octanol–water partition coefficient (Wildman–Crippen LogP) is 2.39. The van der Waals surface area contributed by atoms with Crippen LogP contribution < -0.4 is 10.2 Å². The minimum Gasteiger partial charge on any atom is -0.484 e. The van der Waals surface area contributed by atoms with Gasteiger partial charge in [0.1, 0.15) is 5.75 Å². The number of benzene rings is 2. The first kappa shape index (κ1) is 17.6. The molecule has 1 amide bonds. The number of nitro benzene ring substituents is 1. The van der Waals surface area contributed by atoms with Crippen LogP contribution in [0.4, 0.5) is 5.69 Å². The smallest absolute Gasteiger partial charge is 0.277 e. The number of rotatable bonds is 6. The summed E-state index contributed by atoms with van der Waals surface area (Å²) >= 11 is 0. The fraction of sp³-hybridized carbons (Fsp3) is 0.118. The van der Waals surface area contributed by atoms with Crippen molar-refractivity contribution in [2.45, 2.75) is 6.92 Å². The number of nitro groups is 1. The Hall–Kier alpha value is -3.73. The van der Waals surface area contributed by atoms with E-state index in [1.807, 2.05) is 6.07 Å². The lowest BCUT2D eigenvalue weighted by Gasteiger charge is -2.06. The minimum atomic E-state index is -0.499. The molecule has 0 saturated heterocycles. The van der Waals surface area contributed by atoms with Crippen molar-refractivity contribution in [3.05, 3.63) is 69.8 Å². The number of hydrogen-bond acceptors (Lipinski definition) is 6. The van der Waals surface area contributed by atoms with Gasteiger partial charge in [-0.05, 0) is 31.2 Å². The molecule has 0 unspecified atom stereocenters. The molecule has 0 spiro atoms. The highest BCUT2D eigenvalue weighted by Crippen LogP contribution is 2.14. The molecular formula is C17H14N4O4. The number of nitrogens with one attached hydrogen (secondary N) is 1. The summed E-state index contributed by atoms with van der Waals surface area (Å²) in [6.45, 7) is 1.37. The lowest BCUT2D eigenvalue weighted by atomic mass is 10.1. The van der Waals surface area contributed by atoms with Crippen LogP contribution in [0.3, 0.4) is 0 Å². The number of ether oxygens (including phenoxy) is 1. The first-order valence-corrected chi connectivity index (χ1v) is 7.20. The van der Waals surface area contributed by atoms with Gasteiger partial charge in [-0.25, -0.2) is 5.43 Å². The van der Waals surface area contributed by atoms with Crippen LogP contribution in [-0.4, -0.2) is 23.1 Å². The number of nitriles is 1. The van der Waals surface area contributed by atoms with E-state index < -0.39 is 10.8 Å². The van der Waals surface area contributed by atoms with Gasteiger partial charge in [0.05, 0.1) is 22.3 Å². The monoisotopic (exact) mass is 338 g/mol. The van der Waals surface area contributed by atoms with Crippen molar-refractivity contribution >= 4 is 17.3 Å². The second kappa shape index (κ2) is 8.21. The second-order valence-electron chi connectivity index (χ2n) is 4.96. The SMILES string of the molecule is C/C(=N/NC(=O)COc1ccc(C#N)cc1)c1cccc([N+](=O)[O-])c1. The van der Waals surface area contributed by atoms with E-state index in [0.717, 1.165) is 0 Å². The summed E-state index contributed by atoms with van der Waals surface area (Å²) in [7, 11) is 0. The maximum absolute atomic E-state index is 11.7. The molecule has 8 heteroatoms. The molecule has 1 N–H and O–H groups in total. The van der Waals surface area contributed by atoms with Crippen molar-refractivity contribution in [2.75, 3.05) is 6.61 Å². The molecule has 2 rings (SSSR count). The summed E-state index contributed by atoms with van der Waals surface area (Å²) in [6.07, 6.45) is 0. The summed E-state index contributed by atoms with van der Waals surface area (Å²) < 4.78 is 5.28. The molecule has 0 aromatic heterocycles. The van der Waals surface area contributed by atoms with Crippen LogP contribution in [0.25, 0.3) is 0 Å². The molecule has 0 aliphatic heterocycles. The molecule has 2 aromatic rings. The van der Waals surface area contributed by atoms with Gasteiger partial charge in [-0.15, -0.1) is 0 Å². The zero-order chi connectivity index (χ0) is 18.2. The summed E-state index contributed by atoms with van der Waals surface area (Å²) in [6, 6.07) is 14.3. The molecule has 0 saturated carbocycles.